The minimum Gasteiger partial charge on any atom is -0.395 e. The van der Waals surface area contributed by atoms with Gasteiger partial charge in [0, 0.05) is 6.04 Å². The van der Waals surface area contributed by atoms with Crippen LogP contribution < -0.4 is 5.32 Å². The molecule has 0 rings (SSSR count). The minimum absolute atomic E-state index is 0.0321. The predicted molar refractivity (Wildman–Crippen MR) is 43.9 cm³/mol. The van der Waals surface area contributed by atoms with Crippen LogP contribution in [0.4, 0.5) is 0 Å². The van der Waals surface area contributed by atoms with Crippen molar-refractivity contribution in [2.75, 3.05) is 6.61 Å². The maximum absolute atomic E-state index is 8.87. The highest BCUT2D eigenvalue weighted by Gasteiger charge is 2.13. The molecule has 0 aliphatic heterocycles. The van der Waals surface area contributed by atoms with E-state index in [1.807, 2.05) is 13.8 Å². The van der Waals surface area contributed by atoms with E-state index in [1.165, 1.54) is 0 Å². The molecule has 3 nitrogen and oxygen atoms in total. The van der Waals surface area contributed by atoms with Crippen molar-refractivity contribution in [2.24, 2.45) is 5.92 Å². The molecule has 0 fully saturated rings. The fourth-order valence-corrected chi connectivity index (χ4v) is 0.814. The summed E-state index contributed by atoms with van der Waals surface area (Å²) in [6.45, 7) is 5.89. The number of aliphatic hydroxyl groups excluding tert-OH is 1. The van der Waals surface area contributed by atoms with Crippen molar-refractivity contribution in [1.29, 1.82) is 5.26 Å². The predicted octanol–water partition coefficient (Wildman–Crippen LogP) is 0.505. The van der Waals surface area contributed by atoms with E-state index in [4.69, 9.17) is 10.4 Å². The molecular formula is C8H16N2O. The SMILES string of the molecule is CC(C#N)N[C@H](CO)C(C)C. The van der Waals surface area contributed by atoms with Gasteiger partial charge in [-0.15, -0.1) is 0 Å². The fourth-order valence-electron chi connectivity index (χ4n) is 0.814. The molecule has 0 aliphatic rings. The third-order valence-corrected chi connectivity index (χ3v) is 1.66. The lowest BCUT2D eigenvalue weighted by molar-refractivity contribution is 0.207. The zero-order chi connectivity index (χ0) is 8.85. The maximum atomic E-state index is 8.87. The van der Waals surface area contributed by atoms with Crippen LogP contribution in [0.25, 0.3) is 0 Å². The van der Waals surface area contributed by atoms with Crippen molar-refractivity contribution >= 4 is 0 Å². The Bertz CT molecular complexity index is 140. The van der Waals surface area contributed by atoms with Crippen molar-refractivity contribution in [3.8, 4) is 6.07 Å². The zero-order valence-electron chi connectivity index (χ0n) is 7.33. The third-order valence-electron chi connectivity index (χ3n) is 1.66. The lowest BCUT2D eigenvalue weighted by atomic mass is 10.0. The molecule has 0 aromatic heterocycles. The van der Waals surface area contributed by atoms with Gasteiger partial charge in [-0.3, -0.25) is 5.32 Å². The number of nitrogens with one attached hydrogen (secondary N) is 1. The third kappa shape index (κ3) is 3.97. The van der Waals surface area contributed by atoms with Gasteiger partial charge in [0.15, 0.2) is 0 Å². The first-order valence-electron chi connectivity index (χ1n) is 3.88. The molecular weight excluding hydrogens is 140 g/mol. The fraction of sp³-hybridized carbons (Fsp3) is 0.875. The Morgan fingerprint density at radius 1 is 1.45 bits per heavy atom. The second kappa shape index (κ2) is 5.11. The van der Waals surface area contributed by atoms with E-state index in [0.717, 1.165) is 0 Å². The van der Waals surface area contributed by atoms with Gasteiger partial charge < -0.3 is 5.11 Å². The molecule has 0 aliphatic carbocycles. The quantitative estimate of drug-likeness (QED) is 0.623. The molecule has 0 aromatic rings. The van der Waals surface area contributed by atoms with Crippen molar-refractivity contribution in [3.63, 3.8) is 0 Å². The van der Waals surface area contributed by atoms with Gasteiger partial charge in [-0.2, -0.15) is 5.26 Å². The van der Waals surface area contributed by atoms with E-state index in [1.54, 1.807) is 6.92 Å². The Morgan fingerprint density at radius 3 is 2.27 bits per heavy atom. The molecule has 2 atom stereocenters. The Labute approximate surface area is 68.0 Å². The summed E-state index contributed by atoms with van der Waals surface area (Å²) in [6.07, 6.45) is 0. The van der Waals surface area contributed by atoms with Gasteiger partial charge in [0.2, 0.25) is 0 Å². The Balaban J connectivity index is 3.80. The molecule has 3 heteroatoms. The van der Waals surface area contributed by atoms with Crippen LogP contribution in [0, 0.1) is 17.2 Å². The van der Waals surface area contributed by atoms with E-state index in [2.05, 4.69) is 11.4 Å². The highest BCUT2D eigenvalue weighted by atomic mass is 16.3. The standard InChI is InChI=1S/C8H16N2O/c1-6(2)8(5-11)10-7(3)4-9/h6-8,10-11H,5H2,1-3H3/t7?,8-/m1/s1. The van der Waals surface area contributed by atoms with E-state index in [9.17, 15) is 0 Å². The Morgan fingerprint density at radius 2 is 2.00 bits per heavy atom. The van der Waals surface area contributed by atoms with Crippen LogP contribution in [0.5, 0.6) is 0 Å². The van der Waals surface area contributed by atoms with Crippen LogP contribution in [-0.4, -0.2) is 23.8 Å². The molecule has 0 aromatic carbocycles. The van der Waals surface area contributed by atoms with Crippen LogP contribution in [0.2, 0.25) is 0 Å². The number of aliphatic hydroxyl groups is 1. The molecule has 2 N–H and O–H groups in total. The smallest absolute Gasteiger partial charge is 0.0927 e. The van der Waals surface area contributed by atoms with Gasteiger partial charge in [0.1, 0.15) is 0 Å². The van der Waals surface area contributed by atoms with Crippen molar-refractivity contribution < 1.29 is 5.11 Å². The average molecular weight is 156 g/mol. The number of nitriles is 1. The second-order valence-electron chi connectivity index (χ2n) is 3.05. The summed E-state index contributed by atoms with van der Waals surface area (Å²) >= 11 is 0. The van der Waals surface area contributed by atoms with Crippen molar-refractivity contribution in [2.45, 2.75) is 32.9 Å². The van der Waals surface area contributed by atoms with Crippen molar-refractivity contribution in [3.05, 3.63) is 0 Å². The molecule has 0 radical (unpaired) electrons. The summed E-state index contributed by atoms with van der Waals surface area (Å²) in [5.41, 5.74) is 0. The Kier molecular flexibility index (Phi) is 4.84. The van der Waals surface area contributed by atoms with Gasteiger partial charge in [-0.25, -0.2) is 0 Å². The summed E-state index contributed by atoms with van der Waals surface area (Å²) in [4.78, 5) is 0. The van der Waals surface area contributed by atoms with Gasteiger partial charge in [0.05, 0.1) is 18.7 Å². The zero-order valence-corrected chi connectivity index (χ0v) is 7.33. The van der Waals surface area contributed by atoms with Crippen molar-refractivity contribution in [1.82, 2.24) is 5.32 Å². The normalized spacial score (nSPS) is 16.0. The molecule has 0 heterocycles. The molecule has 1 unspecified atom stereocenters. The summed E-state index contributed by atoms with van der Waals surface area (Å²) in [6, 6.07) is 1.91. The van der Waals surface area contributed by atoms with Crippen LogP contribution in [0.1, 0.15) is 20.8 Å². The molecule has 0 amide bonds. The first kappa shape index (κ1) is 10.4. The largest absolute Gasteiger partial charge is 0.395 e. The molecule has 11 heavy (non-hydrogen) atoms. The van der Waals surface area contributed by atoms with Gasteiger partial charge in [-0.1, -0.05) is 13.8 Å². The Hall–Kier alpha value is -0.590. The lowest BCUT2D eigenvalue weighted by Gasteiger charge is -2.20. The van der Waals surface area contributed by atoms with Crippen LogP contribution in [0.15, 0.2) is 0 Å². The summed E-state index contributed by atoms with van der Waals surface area (Å²) in [5.74, 6) is 0.357. The summed E-state index contributed by atoms with van der Waals surface area (Å²) in [7, 11) is 0. The minimum atomic E-state index is -0.186. The summed E-state index contributed by atoms with van der Waals surface area (Å²) in [5, 5.41) is 20.3. The van der Waals surface area contributed by atoms with Gasteiger partial charge in [-0.05, 0) is 12.8 Å². The molecule has 0 saturated carbocycles. The van der Waals surface area contributed by atoms with Crippen LogP contribution >= 0.6 is 0 Å². The molecule has 0 bridgehead atoms. The number of hydrogen-bond donors (Lipinski definition) is 2. The topological polar surface area (TPSA) is 56.0 Å². The van der Waals surface area contributed by atoms with E-state index >= 15 is 0 Å². The van der Waals surface area contributed by atoms with Gasteiger partial charge in [0.25, 0.3) is 0 Å². The number of rotatable bonds is 4. The van der Waals surface area contributed by atoms with E-state index in [-0.39, 0.29) is 18.7 Å². The number of nitrogens with zero attached hydrogens (tertiary/aromatic N) is 1. The highest BCUT2D eigenvalue weighted by molar-refractivity contribution is 4.88. The first-order valence-corrected chi connectivity index (χ1v) is 3.88. The molecule has 0 saturated heterocycles. The lowest BCUT2D eigenvalue weighted by Crippen LogP contribution is -2.41. The van der Waals surface area contributed by atoms with E-state index in [0.29, 0.717) is 5.92 Å². The summed E-state index contributed by atoms with van der Waals surface area (Å²) < 4.78 is 0. The number of hydrogen-bond acceptors (Lipinski definition) is 3. The van der Waals surface area contributed by atoms with Gasteiger partial charge >= 0.3 is 0 Å². The first-order chi connectivity index (χ1) is 5.11. The monoisotopic (exact) mass is 156 g/mol. The van der Waals surface area contributed by atoms with Crippen LogP contribution in [0.3, 0.4) is 0 Å². The average Bonchev–Trinajstić information content (AvgIpc) is 1.99. The van der Waals surface area contributed by atoms with E-state index < -0.39 is 0 Å². The molecule has 0 spiro atoms. The molecule has 64 valence electrons. The highest BCUT2D eigenvalue weighted by Crippen LogP contribution is 2.00. The maximum Gasteiger partial charge on any atom is 0.0927 e. The van der Waals surface area contributed by atoms with Crippen LogP contribution in [-0.2, 0) is 0 Å². The second-order valence-corrected chi connectivity index (χ2v) is 3.05.